The lowest BCUT2D eigenvalue weighted by Gasteiger charge is -2.36. The standard InChI is InChI=1S/C16H23FN2O.2ClH/c1-11-2-5-13(17)16(20)15(11)14(10-12-3-4-12)19-8-6-18-7-9-19;;/h2,5,12,14,18,20H,3-4,6-10H2,1H3;2*1H/t14-;;/m0../s1. The first kappa shape index (κ1) is 19.5. The molecule has 3 rings (SSSR count). The molecule has 1 heterocycles. The monoisotopic (exact) mass is 350 g/mol. The first-order valence-electron chi connectivity index (χ1n) is 7.59. The van der Waals surface area contributed by atoms with Crippen molar-refractivity contribution in [2.45, 2.75) is 32.2 Å². The van der Waals surface area contributed by atoms with Crippen LogP contribution < -0.4 is 5.32 Å². The van der Waals surface area contributed by atoms with Crippen LogP contribution in [-0.4, -0.2) is 36.2 Å². The molecule has 1 saturated heterocycles. The normalized spacial score (nSPS) is 19.9. The second kappa shape index (κ2) is 8.34. The zero-order chi connectivity index (χ0) is 14.1. The molecule has 1 saturated carbocycles. The molecule has 1 aromatic carbocycles. The highest BCUT2D eigenvalue weighted by Crippen LogP contribution is 2.43. The maximum atomic E-state index is 13.8. The summed E-state index contributed by atoms with van der Waals surface area (Å²) in [5, 5.41) is 13.5. The molecule has 2 aliphatic rings. The molecule has 6 heteroatoms. The number of nitrogens with one attached hydrogen (secondary N) is 1. The highest BCUT2D eigenvalue weighted by Gasteiger charge is 2.33. The molecule has 126 valence electrons. The Labute approximate surface area is 144 Å². The fourth-order valence-corrected chi connectivity index (χ4v) is 3.22. The Morgan fingerprint density at radius 2 is 1.91 bits per heavy atom. The van der Waals surface area contributed by atoms with Gasteiger partial charge in [-0.1, -0.05) is 18.9 Å². The summed E-state index contributed by atoms with van der Waals surface area (Å²) in [4.78, 5) is 2.40. The lowest BCUT2D eigenvalue weighted by atomic mass is 9.93. The molecule has 2 N–H and O–H groups in total. The van der Waals surface area contributed by atoms with Gasteiger partial charge < -0.3 is 10.4 Å². The van der Waals surface area contributed by atoms with Crippen molar-refractivity contribution in [2.75, 3.05) is 26.2 Å². The molecule has 1 atom stereocenters. The van der Waals surface area contributed by atoms with Gasteiger partial charge in [0.25, 0.3) is 0 Å². The molecular weight excluding hydrogens is 326 g/mol. The Bertz CT molecular complexity index is 491. The Morgan fingerprint density at radius 1 is 1.27 bits per heavy atom. The number of nitrogens with zero attached hydrogens (tertiary/aromatic N) is 1. The number of rotatable bonds is 4. The lowest BCUT2D eigenvalue weighted by molar-refractivity contribution is 0.157. The van der Waals surface area contributed by atoms with E-state index in [9.17, 15) is 9.50 Å². The van der Waals surface area contributed by atoms with Crippen LogP contribution in [0.4, 0.5) is 4.39 Å². The Morgan fingerprint density at radius 3 is 2.50 bits per heavy atom. The highest BCUT2D eigenvalue weighted by molar-refractivity contribution is 5.85. The molecule has 0 unspecified atom stereocenters. The maximum Gasteiger partial charge on any atom is 0.165 e. The SMILES string of the molecule is Cc1ccc(F)c(O)c1[C@H](CC1CC1)N1CCNCC1.Cl.Cl. The van der Waals surface area contributed by atoms with Gasteiger partial charge in [-0.3, -0.25) is 4.90 Å². The van der Waals surface area contributed by atoms with E-state index >= 15 is 0 Å². The smallest absolute Gasteiger partial charge is 0.165 e. The lowest BCUT2D eigenvalue weighted by Crippen LogP contribution is -2.45. The van der Waals surface area contributed by atoms with Crippen LogP contribution in [-0.2, 0) is 0 Å². The third-order valence-corrected chi connectivity index (χ3v) is 4.56. The minimum absolute atomic E-state index is 0. The molecule has 0 spiro atoms. The quantitative estimate of drug-likeness (QED) is 0.873. The van der Waals surface area contributed by atoms with Gasteiger partial charge in [0.05, 0.1) is 0 Å². The van der Waals surface area contributed by atoms with Crippen LogP contribution in [0.1, 0.15) is 36.4 Å². The van der Waals surface area contributed by atoms with Crippen molar-refractivity contribution in [3.05, 3.63) is 29.1 Å². The summed E-state index contributed by atoms with van der Waals surface area (Å²) in [6, 6.07) is 3.30. The summed E-state index contributed by atoms with van der Waals surface area (Å²) in [5.41, 5.74) is 1.80. The van der Waals surface area contributed by atoms with Crippen molar-refractivity contribution in [3.8, 4) is 5.75 Å². The minimum atomic E-state index is -0.499. The molecule has 0 amide bonds. The molecular formula is C16H25Cl2FN2O. The topological polar surface area (TPSA) is 35.5 Å². The van der Waals surface area contributed by atoms with E-state index < -0.39 is 5.82 Å². The van der Waals surface area contributed by atoms with E-state index in [-0.39, 0.29) is 36.6 Å². The number of benzene rings is 1. The molecule has 3 nitrogen and oxygen atoms in total. The average molecular weight is 351 g/mol. The number of halogens is 3. The van der Waals surface area contributed by atoms with Crippen molar-refractivity contribution in [1.29, 1.82) is 0 Å². The van der Waals surface area contributed by atoms with Crippen LogP contribution in [0.25, 0.3) is 0 Å². The minimum Gasteiger partial charge on any atom is -0.505 e. The van der Waals surface area contributed by atoms with Crippen molar-refractivity contribution in [3.63, 3.8) is 0 Å². The number of piperazine rings is 1. The van der Waals surface area contributed by atoms with Gasteiger partial charge in [0.15, 0.2) is 11.6 Å². The van der Waals surface area contributed by atoms with E-state index in [4.69, 9.17) is 0 Å². The van der Waals surface area contributed by atoms with E-state index in [2.05, 4.69) is 10.2 Å². The highest BCUT2D eigenvalue weighted by atomic mass is 35.5. The zero-order valence-corrected chi connectivity index (χ0v) is 14.5. The van der Waals surface area contributed by atoms with Gasteiger partial charge >= 0.3 is 0 Å². The molecule has 1 aromatic rings. The first-order valence-corrected chi connectivity index (χ1v) is 7.59. The number of aromatic hydroxyl groups is 1. The van der Waals surface area contributed by atoms with Gasteiger partial charge in [-0.2, -0.15) is 0 Å². The largest absolute Gasteiger partial charge is 0.505 e. The molecule has 1 aliphatic carbocycles. The van der Waals surface area contributed by atoms with Crippen molar-refractivity contribution < 1.29 is 9.50 Å². The van der Waals surface area contributed by atoms with Gasteiger partial charge in [-0.25, -0.2) is 4.39 Å². The van der Waals surface area contributed by atoms with Gasteiger partial charge in [0.1, 0.15) is 0 Å². The Hall–Kier alpha value is -0.550. The van der Waals surface area contributed by atoms with E-state index in [0.717, 1.165) is 49.6 Å². The molecule has 0 aromatic heterocycles. The van der Waals surface area contributed by atoms with E-state index in [1.54, 1.807) is 6.07 Å². The van der Waals surface area contributed by atoms with Crippen LogP contribution in [0.2, 0.25) is 0 Å². The summed E-state index contributed by atoms with van der Waals surface area (Å²) < 4.78 is 13.8. The van der Waals surface area contributed by atoms with Crippen LogP contribution in [0.5, 0.6) is 5.75 Å². The number of phenolic OH excluding ortho intramolecular Hbond substituents is 1. The van der Waals surface area contributed by atoms with Crippen molar-refractivity contribution in [1.82, 2.24) is 10.2 Å². The number of aryl methyl sites for hydroxylation is 1. The van der Waals surface area contributed by atoms with Crippen LogP contribution in [0.15, 0.2) is 12.1 Å². The first-order chi connectivity index (χ1) is 9.66. The average Bonchev–Trinajstić information content (AvgIpc) is 3.27. The molecule has 0 radical (unpaired) electrons. The predicted octanol–water partition coefficient (Wildman–Crippen LogP) is 3.43. The summed E-state index contributed by atoms with van der Waals surface area (Å²) in [6.45, 7) is 5.84. The Balaban J connectivity index is 0.00000121. The molecule has 1 aliphatic heterocycles. The zero-order valence-electron chi connectivity index (χ0n) is 12.8. The van der Waals surface area contributed by atoms with E-state index in [1.807, 2.05) is 6.92 Å². The van der Waals surface area contributed by atoms with Crippen molar-refractivity contribution in [2.24, 2.45) is 5.92 Å². The molecule has 2 fully saturated rings. The Kier molecular flexibility index (Phi) is 7.39. The van der Waals surface area contributed by atoms with E-state index in [0.29, 0.717) is 0 Å². The van der Waals surface area contributed by atoms with E-state index in [1.165, 1.54) is 18.9 Å². The van der Waals surface area contributed by atoms with Crippen LogP contribution in [0.3, 0.4) is 0 Å². The van der Waals surface area contributed by atoms with Crippen LogP contribution in [0, 0.1) is 18.7 Å². The van der Waals surface area contributed by atoms with Crippen LogP contribution >= 0.6 is 24.8 Å². The summed E-state index contributed by atoms with van der Waals surface area (Å²) in [5.74, 6) is 0.104. The van der Waals surface area contributed by atoms with Gasteiger partial charge in [0.2, 0.25) is 0 Å². The second-order valence-corrected chi connectivity index (χ2v) is 6.11. The van der Waals surface area contributed by atoms with Crippen molar-refractivity contribution >= 4 is 24.8 Å². The molecule has 0 bridgehead atoms. The van der Waals surface area contributed by atoms with Gasteiger partial charge in [-0.05, 0) is 30.9 Å². The second-order valence-electron chi connectivity index (χ2n) is 6.11. The summed E-state index contributed by atoms with van der Waals surface area (Å²) >= 11 is 0. The number of hydrogen-bond donors (Lipinski definition) is 2. The number of hydrogen-bond acceptors (Lipinski definition) is 3. The summed E-state index contributed by atoms with van der Waals surface area (Å²) in [7, 11) is 0. The predicted molar refractivity (Wildman–Crippen MR) is 91.8 cm³/mol. The summed E-state index contributed by atoms with van der Waals surface area (Å²) in [6.07, 6.45) is 3.59. The maximum absolute atomic E-state index is 13.8. The molecule has 22 heavy (non-hydrogen) atoms. The third kappa shape index (κ3) is 4.25. The number of phenols is 1. The fraction of sp³-hybridized carbons (Fsp3) is 0.625. The van der Waals surface area contributed by atoms with Gasteiger partial charge in [0, 0.05) is 37.8 Å². The third-order valence-electron chi connectivity index (χ3n) is 4.56. The van der Waals surface area contributed by atoms with Gasteiger partial charge in [-0.15, -0.1) is 24.8 Å². The fourth-order valence-electron chi connectivity index (χ4n) is 3.22.